The molecule has 6 nitrogen and oxygen atoms in total. The van der Waals surface area contributed by atoms with Gasteiger partial charge >= 0.3 is 0 Å². The number of rotatable bonds is 9. The third-order valence-electron chi connectivity index (χ3n) is 7.10. The van der Waals surface area contributed by atoms with Crippen molar-refractivity contribution in [1.29, 1.82) is 0 Å². The molecule has 2 aromatic carbocycles. The molecule has 204 valence electrons. The van der Waals surface area contributed by atoms with Crippen LogP contribution >= 0.6 is 0 Å². The highest BCUT2D eigenvalue weighted by atomic mass is 32.2. The molecule has 2 aromatic rings. The van der Waals surface area contributed by atoms with Gasteiger partial charge in [-0.3, -0.25) is 4.79 Å². The highest BCUT2D eigenvalue weighted by Gasteiger charge is 2.38. The molecular weight excluding hydrogens is 496 g/mol. The van der Waals surface area contributed by atoms with E-state index in [1.54, 1.807) is 6.26 Å². The Bertz CT molecular complexity index is 1090. The molecule has 3 unspecified atom stereocenters. The first kappa shape index (κ1) is 29.4. The number of carbonyl (C=O) groups excluding carboxylic acids is 1. The molecular formula is C28H39F2N3O3S. The lowest BCUT2D eigenvalue weighted by Gasteiger charge is -2.43. The highest BCUT2D eigenvalue weighted by Crippen LogP contribution is 2.36. The smallest absolute Gasteiger partial charge is 0.217 e. The predicted molar refractivity (Wildman–Crippen MR) is 143 cm³/mol. The summed E-state index contributed by atoms with van der Waals surface area (Å²) in [6.45, 7) is 9.23. The molecule has 3 atom stereocenters. The van der Waals surface area contributed by atoms with E-state index in [4.69, 9.17) is 0 Å². The number of nitrogens with one attached hydrogen (secondary N) is 2. The summed E-state index contributed by atoms with van der Waals surface area (Å²) in [6.07, 6.45) is 2.11. The molecule has 9 heteroatoms. The molecule has 1 aliphatic heterocycles. The first-order valence-corrected chi connectivity index (χ1v) is 14.2. The minimum Gasteiger partial charge on any atom is -0.390 e. The van der Waals surface area contributed by atoms with Crippen LogP contribution in [0.4, 0.5) is 8.78 Å². The lowest BCUT2D eigenvalue weighted by atomic mass is 9.78. The van der Waals surface area contributed by atoms with Gasteiger partial charge in [0, 0.05) is 44.4 Å². The quantitative estimate of drug-likeness (QED) is 0.459. The van der Waals surface area contributed by atoms with E-state index in [1.807, 2.05) is 10.4 Å². The molecule has 0 aromatic heterocycles. The van der Waals surface area contributed by atoms with Gasteiger partial charge in [0.25, 0.3) is 0 Å². The standard InChI is InChI=1S/C28H39F2N3O3S/c1-19(34)32-25(15-20-13-23(29)17-24(30)14-20)26(35)18-31-28(9-11-33(12-10-28)37(5)36)22-8-6-7-21(16-22)27(2,3)4/h6-8,13-14,16-17,25-26,31,35H,9-12,15,18H2,1-5H3,(H,32,34). The number of amides is 1. The van der Waals surface area contributed by atoms with Crippen LogP contribution in [0.15, 0.2) is 42.5 Å². The molecule has 0 spiro atoms. The van der Waals surface area contributed by atoms with Crippen molar-refractivity contribution < 1.29 is 22.9 Å². The van der Waals surface area contributed by atoms with Crippen molar-refractivity contribution in [2.45, 2.75) is 70.1 Å². The van der Waals surface area contributed by atoms with E-state index >= 15 is 0 Å². The first-order chi connectivity index (χ1) is 17.3. The summed E-state index contributed by atoms with van der Waals surface area (Å²) >= 11 is 0. The molecule has 0 radical (unpaired) electrons. The number of benzene rings is 2. The molecule has 0 bridgehead atoms. The van der Waals surface area contributed by atoms with Crippen molar-refractivity contribution in [2.24, 2.45) is 0 Å². The third kappa shape index (κ3) is 7.89. The van der Waals surface area contributed by atoms with Gasteiger partial charge in [-0.2, -0.15) is 0 Å². The van der Waals surface area contributed by atoms with E-state index in [1.165, 1.54) is 24.6 Å². The van der Waals surface area contributed by atoms with Crippen molar-refractivity contribution in [1.82, 2.24) is 14.9 Å². The number of piperidine rings is 1. The molecule has 3 N–H and O–H groups in total. The van der Waals surface area contributed by atoms with Crippen LogP contribution in [0.25, 0.3) is 0 Å². The Morgan fingerprint density at radius 2 is 1.76 bits per heavy atom. The summed E-state index contributed by atoms with van der Waals surface area (Å²) in [5.41, 5.74) is 2.12. The van der Waals surface area contributed by atoms with Crippen molar-refractivity contribution in [2.75, 3.05) is 25.9 Å². The van der Waals surface area contributed by atoms with Crippen LogP contribution in [0, 0.1) is 11.6 Å². The Labute approximate surface area is 221 Å². The van der Waals surface area contributed by atoms with Gasteiger partial charge in [-0.1, -0.05) is 45.0 Å². The van der Waals surface area contributed by atoms with Crippen molar-refractivity contribution >= 4 is 16.9 Å². The topological polar surface area (TPSA) is 81.7 Å². The fraction of sp³-hybridized carbons (Fsp3) is 0.536. The van der Waals surface area contributed by atoms with Gasteiger partial charge in [0.15, 0.2) is 0 Å². The van der Waals surface area contributed by atoms with Crippen molar-refractivity contribution in [3.63, 3.8) is 0 Å². The largest absolute Gasteiger partial charge is 0.390 e. The van der Waals surface area contributed by atoms with Crippen LogP contribution in [0.5, 0.6) is 0 Å². The Kier molecular flexibility index (Phi) is 9.61. The van der Waals surface area contributed by atoms with Crippen LogP contribution in [0.2, 0.25) is 0 Å². The van der Waals surface area contributed by atoms with Crippen LogP contribution < -0.4 is 10.6 Å². The summed E-state index contributed by atoms with van der Waals surface area (Å²) in [7, 11) is -1.07. The minimum atomic E-state index is -1.07. The molecule has 1 amide bonds. The second kappa shape index (κ2) is 12.1. The fourth-order valence-corrected chi connectivity index (χ4v) is 5.64. The molecule has 0 saturated carbocycles. The number of aliphatic hydroxyl groups excluding tert-OH is 1. The fourth-order valence-electron chi connectivity index (χ4n) is 4.95. The summed E-state index contributed by atoms with van der Waals surface area (Å²) in [4.78, 5) is 11.9. The molecule has 0 aliphatic carbocycles. The number of aliphatic hydroxyl groups is 1. The van der Waals surface area contributed by atoms with E-state index in [2.05, 4.69) is 49.6 Å². The Morgan fingerprint density at radius 3 is 2.30 bits per heavy atom. The minimum absolute atomic E-state index is 0.0426. The summed E-state index contributed by atoms with van der Waals surface area (Å²) < 4.78 is 41.5. The Hall–Kier alpha value is -2.20. The number of carbonyl (C=O) groups is 1. The zero-order valence-electron chi connectivity index (χ0n) is 22.3. The number of hydrogen-bond donors (Lipinski definition) is 3. The van der Waals surface area contributed by atoms with E-state index < -0.39 is 40.3 Å². The number of hydrogen-bond acceptors (Lipinski definition) is 4. The lowest BCUT2D eigenvalue weighted by Crippen LogP contribution is -2.56. The second-order valence-electron chi connectivity index (χ2n) is 11.0. The number of halogens is 2. The highest BCUT2D eigenvalue weighted by molar-refractivity contribution is 7.81. The van der Waals surface area contributed by atoms with Gasteiger partial charge in [-0.15, -0.1) is 0 Å². The monoisotopic (exact) mass is 535 g/mol. The normalized spacial score (nSPS) is 18.7. The lowest BCUT2D eigenvalue weighted by molar-refractivity contribution is -0.120. The summed E-state index contributed by atoms with van der Waals surface area (Å²) in [5.74, 6) is -1.75. The van der Waals surface area contributed by atoms with Crippen LogP contribution in [0.1, 0.15) is 57.2 Å². The Morgan fingerprint density at radius 1 is 1.14 bits per heavy atom. The van der Waals surface area contributed by atoms with Gasteiger partial charge in [0.2, 0.25) is 5.91 Å². The van der Waals surface area contributed by atoms with E-state index in [9.17, 15) is 22.9 Å². The van der Waals surface area contributed by atoms with Gasteiger partial charge in [-0.05, 0) is 53.5 Å². The van der Waals surface area contributed by atoms with Crippen molar-refractivity contribution in [3.05, 3.63) is 70.8 Å². The zero-order valence-corrected chi connectivity index (χ0v) is 23.1. The SMILES string of the molecule is CC(=O)NC(Cc1cc(F)cc(F)c1)C(O)CNC1(c2cccc(C(C)(C)C)c2)CCN(S(C)=O)CC1. The Balaban J connectivity index is 1.85. The van der Waals surface area contributed by atoms with Crippen LogP contribution in [0.3, 0.4) is 0 Å². The van der Waals surface area contributed by atoms with Gasteiger partial charge in [0.05, 0.1) is 23.1 Å². The molecule has 1 saturated heterocycles. The van der Waals surface area contributed by atoms with Gasteiger partial charge < -0.3 is 15.7 Å². The molecule has 1 heterocycles. The average molecular weight is 536 g/mol. The van der Waals surface area contributed by atoms with Crippen molar-refractivity contribution in [3.8, 4) is 0 Å². The first-order valence-electron chi connectivity index (χ1n) is 12.6. The molecule has 1 fully saturated rings. The molecule has 3 rings (SSSR count). The molecule has 37 heavy (non-hydrogen) atoms. The second-order valence-corrected chi connectivity index (χ2v) is 12.4. The van der Waals surface area contributed by atoms with Crippen LogP contribution in [-0.2, 0) is 33.2 Å². The van der Waals surface area contributed by atoms with Crippen LogP contribution in [-0.4, -0.2) is 57.6 Å². The maximum Gasteiger partial charge on any atom is 0.217 e. The van der Waals surface area contributed by atoms with E-state index in [0.717, 1.165) is 11.6 Å². The predicted octanol–water partition coefficient (Wildman–Crippen LogP) is 3.54. The van der Waals surface area contributed by atoms with E-state index in [-0.39, 0.29) is 24.3 Å². The van der Waals surface area contributed by atoms with Gasteiger partial charge in [0.1, 0.15) is 11.6 Å². The zero-order chi connectivity index (χ0) is 27.4. The van der Waals surface area contributed by atoms with E-state index in [0.29, 0.717) is 31.5 Å². The molecule has 1 aliphatic rings. The summed E-state index contributed by atoms with van der Waals surface area (Å²) in [6, 6.07) is 10.9. The maximum absolute atomic E-state index is 13.7. The summed E-state index contributed by atoms with van der Waals surface area (Å²) in [5, 5.41) is 17.5. The van der Waals surface area contributed by atoms with Gasteiger partial charge in [-0.25, -0.2) is 17.3 Å². The average Bonchev–Trinajstić information content (AvgIpc) is 2.81. The number of nitrogens with zero attached hydrogens (tertiary/aromatic N) is 1. The maximum atomic E-state index is 13.7. The third-order valence-corrected chi connectivity index (χ3v) is 8.19.